The van der Waals surface area contributed by atoms with E-state index >= 15 is 0 Å². The van der Waals surface area contributed by atoms with Crippen LogP contribution in [-0.2, 0) is 0 Å². The molecule has 2 aliphatic rings. The average Bonchev–Trinajstić information content (AvgIpc) is 2.92. The highest BCUT2D eigenvalue weighted by molar-refractivity contribution is 4.99. The summed E-state index contributed by atoms with van der Waals surface area (Å²) in [5, 5.41) is 0. The summed E-state index contributed by atoms with van der Waals surface area (Å²) in [5.74, 6) is 0.822. The van der Waals surface area contributed by atoms with E-state index in [0.717, 1.165) is 23.4 Å². The van der Waals surface area contributed by atoms with Crippen molar-refractivity contribution >= 4 is 0 Å². The standard InChI is InChI=1S/C14H27N/c1-11(2)13-10-14(7-8-14)6-5-9-15(13)12(3)4/h11-13H,5-10H2,1-4H3. The van der Waals surface area contributed by atoms with E-state index in [9.17, 15) is 0 Å². The molecule has 1 heterocycles. The fourth-order valence-electron chi connectivity index (χ4n) is 3.36. The van der Waals surface area contributed by atoms with E-state index in [2.05, 4.69) is 32.6 Å². The van der Waals surface area contributed by atoms with Crippen molar-refractivity contribution in [3.63, 3.8) is 0 Å². The monoisotopic (exact) mass is 209 g/mol. The highest BCUT2D eigenvalue weighted by Gasteiger charge is 2.46. The van der Waals surface area contributed by atoms with Gasteiger partial charge in [-0.1, -0.05) is 13.8 Å². The van der Waals surface area contributed by atoms with Crippen molar-refractivity contribution in [2.45, 2.75) is 71.9 Å². The predicted molar refractivity (Wildman–Crippen MR) is 66.0 cm³/mol. The molecule has 0 radical (unpaired) electrons. The molecule has 0 amide bonds. The summed E-state index contributed by atoms with van der Waals surface area (Å²) < 4.78 is 0. The van der Waals surface area contributed by atoms with Crippen LogP contribution in [0, 0.1) is 11.3 Å². The second-order valence-corrected chi connectivity index (χ2v) is 6.45. The molecule has 1 aliphatic carbocycles. The molecule has 0 aromatic rings. The van der Waals surface area contributed by atoms with Crippen molar-refractivity contribution in [2.75, 3.05) is 6.54 Å². The lowest BCUT2D eigenvalue weighted by atomic mass is 9.88. The Hall–Kier alpha value is -0.0400. The second-order valence-electron chi connectivity index (χ2n) is 6.45. The lowest BCUT2D eigenvalue weighted by Crippen LogP contribution is -2.43. The van der Waals surface area contributed by atoms with Crippen LogP contribution in [0.1, 0.15) is 59.8 Å². The molecule has 0 aromatic heterocycles. The minimum absolute atomic E-state index is 0.728. The zero-order valence-corrected chi connectivity index (χ0v) is 10.9. The van der Waals surface area contributed by atoms with Gasteiger partial charge in [0.25, 0.3) is 0 Å². The van der Waals surface area contributed by atoms with Gasteiger partial charge >= 0.3 is 0 Å². The van der Waals surface area contributed by atoms with Crippen LogP contribution >= 0.6 is 0 Å². The Labute approximate surface area is 95.2 Å². The minimum atomic E-state index is 0.728. The predicted octanol–water partition coefficient (Wildman–Crippen LogP) is 3.69. The topological polar surface area (TPSA) is 3.24 Å². The first-order valence-electron chi connectivity index (χ1n) is 6.80. The van der Waals surface area contributed by atoms with Gasteiger partial charge < -0.3 is 0 Å². The van der Waals surface area contributed by atoms with E-state index in [4.69, 9.17) is 0 Å². The van der Waals surface area contributed by atoms with Gasteiger partial charge in [0.05, 0.1) is 0 Å². The molecule has 0 N–H and O–H groups in total. The first-order chi connectivity index (χ1) is 7.04. The van der Waals surface area contributed by atoms with Gasteiger partial charge in [0.1, 0.15) is 0 Å². The maximum atomic E-state index is 2.76. The number of likely N-dealkylation sites (tertiary alicyclic amines) is 1. The Bertz CT molecular complexity index is 215. The van der Waals surface area contributed by atoms with Gasteiger partial charge in [0, 0.05) is 12.1 Å². The maximum absolute atomic E-state index is 2.76. The van der Waals surface area contributed by atoms with Crippen molar-refractivity contribution in [2.24, 2.45) is 11.3 Å². The summed E-state index contributed by atoms with van der Waals surface area (Å²) >= 11 is 0. The van der Waals surface area contributed by atoms with Crippen molar-refractivity contribution in [3.05, 3.63) is 0 Å². The van der Waals surface area contributed by atoms with E-state index in [1.165, 1.54) is 38.6 Å². The third kappa shape index (κ3) is 2.38. The molecule has 1 unspecified atom stereocenters. The van der Waals surface area contributed by atoms with Gasteiger partial charge in [0.15, 0.2) is 0 Å². The van der Waals surface area contributed by atoms with Gasteiger partial charge in [-0.05, 0) is 63.8 Å². The van der Waals surface area contributed by atoms with Crippen molar-refractivity contribution in [1.29, 1.82) is 0 Å². The third-order valence-electron chi connectivity index (χ3n) is 4.58. The number of rotatable bonds is 2. The first kappa shape index (κ1) is 11.4. The SMILES string of the molecule is CC(C)C1CC2(CCCN1C(C)C)CC2. The number of hydrogen-bond donors (Lipinski definition) is 0. The van der Waals surface area contributed by atoms with Gasteiger partial charge in [-0.15, -0.1) is 0 Å². The molecule has 1 saturated carbocycles. The Kier molecular flexibility index (Phi) is 3.12. The summed E-state index contributed by atoms with van der Waals surface area (Å²) in [4.78, 5) is 2.76. The van der Waals surface area contributed by atoms with Crippen LogP contribution in [0.15, 0.2) is 0 Å². The van der Waals surface area contributed by atoms with E-state index < -0.39 is 0 Å². The van der Waals surface area contributed by atoms with E-state index in [1.54, 1.807) is 0 Å². The molecule has 1 nitrogen and oxygen atoms in total. The van der Waals surface area contributed by atoms with Crippen LogP contribution in [0.25, 0.3) is 0 Å². The molecule has 0 aromatic carbocycles. The van der Waals surface area contributed by atoms with Crippen LogP contribution in [-0.4, -0.2) is 23.5 Å². The molecule has 1 spiro atoms. The molecular weight excluding hydrogens is 182 g/mol. The molecule has 2 fully saturated rings. The lowest BCUT2D eigenvalue weighted by Gasteiger charge is -2.37. The molecule has 1 aliphatic heterocycles. The summed E-state index contributed by atoms with van der Waals surface area (Å²) in [5.41, 5.74) is 0.790. The third-order valence-corrected chi connectivity index (χ3v) is 4.58. The van der Waals surface area contributed by atoms with E-state index in [-0.39, 0.29) is 0 Å². The molecule has 15 heavy (non-hydrogen) atoms. The largest absolute Gasteiger partial charge is 0.298 e. The molecule has 1 heteroatoms. The van der Waals surface area contributed by atoms with Crippen molar-refractivity contribution in [3.8, 4) is 0 Å². The number of hydrogen-bond acceptors (Lipinski definition) is 1. The maximum Gasteiger partial charge on any atom is 0.0126 e. The zero-order valence-electron chi connectivity index (χ0n) is 10.9. The highest BCUT2D eigenvalue weighted by atomic mass is 15.2. The molecule has 2 rings (SSSR count). The first-order valence-corrected chi connectivity index (χ1v) is 6.80. The summed E-state index contributed by atoms with van der Waals surface area (Å²) in [7, 11) is 0. The van der Waals surface area contributed by atoms with Crippen molar-refractivity contribution in [1.82, 2.24) is 4.90 Å². The fraction of sp³-hybridized carbons (Fsp3) is 1.00. The molecule has 1 atom stereocenters. The highest BCUT2D eigenvalue weighted by Crippen LogP contribution is 2.55. The molecule has 0 bridgehead atoms. The molecular formula is C14H27N. The number of nitrogens with zero attached hydrogens (tertiary/aromatic N) is 1. The van der Waals surface area contributed by atoms with Crippen LogP contribution in [0.2, 0.25) is 0 Å². The minimum Gasteiger partial charge on any atom is -0.298 e. The summed E-state index contributed by atoms with van der Waals surface area (Å²) in [6.45, 7) is 10.9. The van der Waals surface area contributed by atoms with E-state index in [0.29, 0.717) is 0 Å². The smallest absolute Gasteiger partial charge is 0.0126 e. The lowest BCUT2D eigenvalue weighted by molar-refractivity contribution is 0.112. The van der Waals surface area contributed by atoms with Gasteiger partial charge in [-0.25, -0.2) is 0 Å². The van der Waals surface area contributed by atoms with Crippen LogP contribution in [0.4, 0.5) is 0 Å². The summed E-state index contributed by atoms with van der Waals surface area (Å²) in [6.07, 6.45) is 7.44. The Morgan fingerprint density at radius 1 is 1.07 bits per heavy atom. The Morgan fingerprint density at radius 2 is 1.73 bits per heavy atom. The van der Waals surface area contributed by atoms with Crippen molar-refractivity contribution < 1.29 is 0 Å². The van der Waals surface area contributed by atoms with Gasteiger partial charge in [-0.3, -0.25) is 4.90 Å². The van der Waals surface area contributed by atoms with Crippen LogP contribution < -0.4 is 0 Å². The molecule has 1 saturated heterocycles. The molecule has 88 valence electrons. The van der Waals surface area contributed by atoms with Crippen LogP contribution in [0.5, 0.6) is 0 Å². The van der Waals surface area contributed by atoms with E-state index in [1.807, 2.05) is 0 Å². The summed E-state index contributed by atoms with van der Waals surface area (Å²) in [6, 6.07) is 1.57. The van der Waals surface area contributed by atoms with Gasteiger partial charge in [0.2, 0.25) is 0 Å². The normalized spacial score (nSPS) is 31.2. The average molecular weight is 209 g/mol. The second kappa shape index (κ2) is 4.08. The quantitative estimate of drug-likeness (QED) is 0.670. The Morgan fingerprint density at radius 3 is 2.20 bits per heavy atom. The Balaban J connectivity index is 2.10. The van der Waals surface area contributed by atoms with Crippen LogP contribution in [0.3, 0.4) is 0 Å². The fourth-order valence-corrected chi connectivity index (χ4v) is 3.36. The van der Waals surface area contributed by atoms with Gasteiger partial charge in [-0.2, -0.15) is 0 Å². The zero-order chi connectivity index (χ0) is 11.1.